The molecule has 0 radical (unpaired) electrons. The van der Waals surface area contributed by atoms with Crippen LogP contribution in [0, 0.1) is 5.82 Å². The molecule has 1 aliphatic rings. The van der Waals surface area contributed by atoms with Crippen molar-refractivity contribution in [2.24, 2.45) is 0 Å². The van der Waals surface area contributed by atoms with E-state index in [2.05, 4.69) is 4.90 Å². The highest BCUT2D eigenvalue weighted by atomic mass is 32.2. The number of thiophene rings is 1. The second kappa shape index (κ2) is 12.6. The largest absolute Gasteiger partial charge is 0.497 e. The lowest BCUT2D eigenvalue weighted by molar-refractivity contribution is -0.132. The fraction of sp³-hybridized carbons (Fsp3) is 0.370. The summed E-state index contributed by atoms with van der Waals surface area (Å²) in [7, 11) is -2.41. The van der Waals surface area contributed by atoms with Crippen molar-refractivity contribution in [3.63, 3.8) is 0 Å². The van der Waals surface area contributed by atoms with E-state index in [1.165, 1.54) is 47.0 Å². The zero-order chi connectivity index (χ0) is 26.3. The quantitative estimate of drug-likeness (QED) is 0.341. The zero-order valence-electron chi connectivity index (χ0n) is 20.9. The number of hydrogen-bond donors (Lipinski definition) is 0. The van der Waals surface area contributed by atoms with Crippen LogP contribution < -0.4 is 4.74 Å². The lowest BCUT2D eigenvalue weighted by atomic mass is 10.2. The first-order valence-corrected chi connectivity index (χ1v) is 14.6. The van der Waals surface area contributed by atoms with E-state index in [4.69, 9.17) is 4.74 Å². The van der Waals surface area contributed by atoms with Crippen LogP contribution in [0.3, 0.4) is 0 Å². The molecule has 0 spiro atoms. The van der Waals surface area contributed by atoms with Gasteiger partial charge in [-0.05, 0) is 79.3 Å². The molecule has 1 saturated heterocycles. The summed E-state index contributed by atoms with van der Waals surface area (Å²) >= 11 is 1.53. The molecule has 1 amide bonds. The van der Waals surface area contributed by atoms with Gasteiger partial charge in [-0.25, -0.2) is 12.8 Å². The summed E-state index contributed by atoms with van der Waals surface area (Å²) in [5.41, 5.74) is 0.771. The number of amides is 1. The number of nitrogens with zero attached hydrogens (tertiary/aromatic N) is 3. The van der Waals surface area contributed by atoms with Gasteiger partial charge in [-0.1, -0.05) is 18.2 Å². The third-order valence-corrected chi connectivity index (χ3v) is 9.16. The van der Waals surface area contributed by atoms with Gasteiger partial charge in [0.15, 0.2) is 0 Å². The number of likely N-dealkylation sites (tertiary alicyclic amines) is 1. The summed E-state index contributed by atoms with van der Waals surface area (Å²) in [4.78, 5) is 18.6. The van der Waals surface area contributed by atoms with Crippen LogP contribution in [0.25, 0.3) is 0 Å². The van der Waals surface area contributed by atoms with Gasteiger partial charge >= 0.3 is 0 Å². The molecule has 7 nitrogen and oxygen atoms in total. The summed E-state index contributed by atoms with van der Waals surface area (Å²) in [5.74, 6) is -0.102. The molecule has 2 aromatic carbocycles. The fourth-order valence-electron chi connectivity index (χ4n) is 4.32. The second-order valence-corrected chi connectivity index (χ2v) is 12.0. The Morgan fingerprint density at radius 3 is 2.35 bits per heavy atom. The first-order chi connectivity index (χ1) is 17.8. The van der Waals surface area contributed by atoms with Crippen LogP contribution in [-0.4, -0.2) is 68.3 Å². The molecule has 0 unspecified atom stereocenters. The predicted octanol–water partition coefficient (Wildman–Crippen LogP) is 4.21. The van der Waals surface area contributed by atoms with Crippen LogP contribution in [0.2, 0.25) is 0 Å². The molecular weight excluding hydrogens is 513 g/mol. The lowest BCUT2D eigenvalue weighted by Crippen LogP contribution is -2.45. The third kappa shape index (κ3) is 7.38. The molecule has 1 aromatic heterocycles. The standard InChI is InChI=1S/C27H32FN3O4S2/c1-35-24-10-12-26(13-11-24)37(33,34)31(17-16-29-14-2-3-15-29)21-27(32)30(20-25-5-4-18-36-25)19-22-6-8-23(28)9-7-22/h4-13,18H,2-3,14-17,19-21H2,1H3. The van der Waals surface area contributed by atoms with E-state index in [1.807, 2.05) is 17.5 Å². The van der Waals surface area contributed by atoms with Gasteiger partial charge in [0.1, 0.15) is 11.6 Å². The summed E-state index contributed by atoms with van der Waals surface area (Å²) in [6.45, 7) is 2.94. The molecule has 198 valence electrons. The van der Waals surface area contributed by atoms with Gasteiger partial charge < -0.3 is 14.5 Å². The number of sulfonamides is 1. The third-order valence-electron chi connectivity index (χ3n) is 6.44. The first-order valence-electron chi connectivity index (χ1n) is 12.3. The first kappa shape index (κ1) is 27.3. The number of rotatable bonds is 12. The number of hydrogen-bond acceptors (Lipinski definition) is 6. The van der Waals surface area contributed by atoms with Crippen LogP contribution >= 0.6 is 11.3 Å². The van der Waals surface area contributed by atoms with E-state index in [0.29, 0.717) is 18.8 Å². The molecule has 0 saturated carbocycles. The molecule has 1 fully saturated rings. The van der Waals surface area contributed by atoms with E-state index >= 15 is 0 Å². The minimum Gasteiger partial charge on any atom is -0.497 e. The highest BCUT2D eigenvalue weighted by molar-refractivity contribution is 7.89. The van der Waals surface area contributed by atoms with Crippen molar-refractivity contribution in [3.05, 3.63) is 82.3 Å². The molecule has 1 aliphatic heterocycles. The maximum absolute atomic E-state index is 13.7. The maximum Gasteiger partial charge on any atom is 0.243 e. The Hall–Kier alpha value is -2.79. The molecule has 2 heterocycles. The van der Waals surface area contributed by atoms with Crippen molar-refractivity contribution in [2.75, 3.05) is 39.8 Å². The molecule has 37 heavy (non-hydrogen) atoms. The zero-order valence-corrected chi connectivity index (χ0v) is 22.5. The van der Waals surface area contributed by atoms with Gasteiger partial charge in [-0.15, -0.1) is 11.3 Å². The topological polar surface area (TPSA) is 70.2 Å². The smallest absolute Gasteiger partial charge is 0.243 e. The summed E-state index contributed by atoms with van der Waals surface area (Å²) in [6.07, 6.45) is 2.19. The highest BCUT2D eigenvalue weighted by Gasteiger charge is 2.29. The van der Waals surface area contributed by atoms with Gasteiger partial charge in [-0.3, -0.25) is 4.79 Å². The van der Waals surface area contributed by atoms with Crippen LogP contribution in [0.1, 0.15) is 23.3 Å². The number of carbonyl (C=O) groups is 1. The van der Waals surface area contributed by atoms with E-state index in [0.717, 1.165) is 36.4 Å². The molecule has 0 bridgehead atoms. The van der Waals surface area contributed by atoms with Crippen molar-refractivity contribution in [2.45, 2.75) is 30.8 Å². The van der Waals surface area contributed by atoms with Gasteiger partial charge in [0, 0.05) is 24.5 Å². The second-order valence-electron chi connectivity index (χ2n) is 9.02. The van der Waals surface area contributed by atoms with Crippen LogP contribution in [0.4, 0.5) is 4.39 Å². The van der Waals surface area contributed by atoms with Crippen molar-refractivity contribution in [1.82, 2.24) is 14.1 Å². The molecule has 4 rings (SSSR count). The molecular formula is C27H32FN3O4S2. The normalized spacial score (nSPS) is 14.2. The van der Waals surface area contributed by atoms with Gasteiger partial charge in [0.25, 0.3) is 0 Å². The fourth-order valence-corrected chi connectivity index (χ4v) is 6.42. The Morgan fingerprint density at radius 1 is 1.03 bits per heavy atom. The van der Waals surface area contributed by atoms with Crippen LogP contribution in [0.15, 0.2) is 70.9 Å². The van der Waals surface area contributed by atoms with E-state index in [9.17, 15) is 17.6 Å². The molecule has 0 aliphatic carbocycles. The van der Waals surface area contributed by atoms with Gasteiger partial charge in [0.2, 0.25) is 15.9 Å². The Labute approximate surface area is 222 Å². The van der Waals surface area contributed by atoms with Crippen LogP contribution in [-0.2, 0) is 27.9 Å². The van der Waals surface area contributed by atoms with Crippen molar-refractivity contribution >= 4 is 27.3 Å². The summed E-state index contributed by atoms with van der Waals surface area (Å²) < 4.78 is 47.2. The molecule has 3 aromatic rings. The number of carbonyl (C=O) groups excluding carboxylic acids is 1. The minimum atomic E-state index is -3.93. The average molecular weight is 546 g/mol. The highest BCUT2D eigenvalue weighted by Crippen LogP contribution is 2.21. The monoisotopic (exact) mass is 545 g/mol. The van der Waals surface area contributed by atoms with Crippen LogP contribution in [0.5, 0.6) is 5.75 Å². The Balaban J connectivity index is 1.57. The summed E-state index contributed by atoms with van der Waals surface area (Å²) in [5, 5.41) is 1.94. The molecule has 0 atom stereocenters. The number of benzene rings is 2. The lowest BCUT2D eigenvalue weighted by Gasteiger charge is -2.28. The van der Waals surface area contributed by atoms with Crippen molar-refractivity contribution < 1.29 is 22.3 Å². The van der Waals surface area contributed by atoms with E-state index < -0.39 is 10.0 Å². The maximum atomic E-state index is 13.7. The molecule has 10 heteroatoms. The number of ether oxygens (including phenoxy) is 1. The van der Waals surface area contributed by atoms with E-state index in [-0.39, 0.29) is 36.3 Å². The van der Waals surface area contributed by atoms with E-state index in [1.54, 1.807) is 29.2 Å². The van der Waals surface area contributed by atoms with Gasteiger partial charge in [0.05, 0.1) is 25.1 Å². The number of methoxy groups -OCH3 is 1. The minimum absolute atomic E-state index is 0.117. The SMILES string of the molecule is COc1ccc(S(=O)(=O)N(CCN2CCCC2)CC(=O)N(Cc2ccc(F)cc2)Cc2cccs2)cc1. The van der Waals surface area contributed by atoms with Crippen molar-refractivity contribution in [3.8, 4) is 5.75 Å². The Kier molecular flexibility index (Phi) is 9.31. The van der Waals surface area contributed by atoms with Crippen molar-refractivity contribution in [1.29, 1.82) is 0 Å². The number of halogens is 1. The average Bonchev–Trinajstić information content (AvgIpc) is 3.62. The summed E-state index contributed by atoms with van der Waals surface area (Å²) in [6, 6.07) is 16.1. The Bertz CT molecular complexity index is 1240. The molecule has 0 N–H and O–H groups in total. The van der Waals surface area contributed by atoms with Gasteiger partial charge in [-0.2, -0.15) is 4.31 Å². The predicted molar refractivity (Wildman–Crippen MR) is 142 cm³/mol. The Morgan fingerprint density at radius 2 is 1.73 bits per heavy atom.